The molecule has 0 saturated heterocycles. The van der Waals surface area contributed by atoms with Gasteiger partial charge in [-0.15, -0.1) is 0 Å². The number of benzene rings is 3. The standard InChI is InChI=1S/C27H23ClFN3O3S/c1-3-22(23-11-10-21(29)15-24(23)28)27(19-9-12-25-20(14-19)16-30-31-25)18-7-4-17(5-8-18)6-13-26(33)32-36(2,34)35/h4-16H,3H2,1-2H3,(H,30,31)(H,32,33)/b13-6?,27-22+. The first-order valence-electron chi connectivity index (χ1n) is 11.1. The second-order valence-corrected chi connectivity index (χ2v) is 10.4. The number of allylic oxidation sites excluding steroid dienone is 1. The van der Waals surface area contributed by atoms with Crippen LogP contribution in [0.4, 0.5) is 4.39 Å². The number of rotatable bonds is 7. The first-order valence-corrected chi connectivity index (χ1v) is 13.3. The van der Waals surface area contributed by atoms with Gasteiger partial charge in [-0.1, -0.05) is 54.9 Å². The number of amides is 1. The van der Waals surface area contributed by atoms with Gasteiger partial charge in [0.1, 0.15) is 5.82 Å². The molecule has 0 aliphatic rings. The highest BCUT2D eigenvalue weighted by Gasteiger charge is 2.16. The lowest BCUT2D eigenvalue weighted by Gasteiger charge is -2.18. The van der Waals surface area contributed by atoms with Crippen molar-refractivity contribution in [1.29, 1.82) is 0 Å². The van der Waals surface area contributed by atoms with Crippen LogP contribution in [0.3, 0.4) is 0 Å². The molecule has 4 aromatic rings. The summed E-state index contributed by atoms with van der Waals surface area (Å²) in [6.45, 7) is 2.02. The highest BCUT2D eigenvalue weighted by atomic mass is 35.5. The molecule has 1 heterocycles. The summed E-state index contributed by atoms with van der Waals surface area (Å²) in [6.07, 6.45) is 6.00. The van der Waals surface area contributed by atoms with Crippen molar-refractivity contribution >= 4 is 55.7 Å². The van der Waals surface area contributed by atoms with Crippen molar-refractivity contribution in [3.63, 3.8) is 0 Å². The van der Waals surface area contributed by atoms with E-state index < -0.39 is 21.7 Å². The summed E-state index contributed by atoms with van der Waals surface area (Å²) in [4.78, 5) is 11.8. The SMILES string of the molecule is CC/C(=C(/c1ccc(C=CC(=O)NS(C)(=O)=O)cc1)c1ccc2[nH]ncc2c1)c1ccc(F)cc1Cl. The van der Waals surface area contributed by atoms with Crippen LogP contribution in [-0.4, -0.2) is 30.8 Å². The van der Waals surface area contributed by atoms with Gasteiger partial charge in [-0.2, -0.15) is 5.10 Å². The summed E-state index contributed by atoms with van der Waals surface area (Å²) in [7, 11) is -3.63. The second-order valence-electron chi connectivity index (χ2n) is 8.20. The van der Waals surface area contributed by atoms with Crippen LogP contribution in [0, 0.1) is 5.82 Å². The number of hydrogen-bond acceptors (Lipinski definition) is 4. The average molecular weight is 524 g/mol. The van der Waals surface area contributed by atoms with Crippen molar-refractivity contribution in [3.8, 4) is 0 Å². The van der Waals surface area contributed by atoms with Gasteiger partial charge in [0.15, 0.2) is 0 Å². The molecule has 4 rings (SSSR count). The van der Waals surface area contributed by atoms with E-state index in [1.807, 2.05) is 54.1 Å². The summed E-state index contributed by atoms with van der Waals surface area (Å²) >= 11 is 6.46. The van der Waals surface area contributed by atoms with Gasteiger partial charge in [-0.05, 0) is 70.2 Å². The van der Waals surface area contributed by atoms with Gasteiger partial charge in [0, 0.05) is 11.5 Å². The van der Waals surface area contributed by atoms with Crippen LogP contribution in [-0.2, 0) is 14.8 Å². The Bertz CT molecular complexity index is 1610. The number of nitrogens with zero attached hydrogens (tertiary/aromatic N) is 1. The number of sulfonamides is 1. The Balaban J connectivity index is 1.81. The molecular formula is C27H23ClFN3O3S. The van der Waals surface area contributed by atoms with Crippen molar-refractivity contribution in [1.82, 2.24) is 14.9 Å². The Hall–Kier alpha value is -3.75. The van der Waals surface area contributed by atoms with Gasteiger partial charge in [0.05, 0.1) is 23.0 Å². The minimum absolute atomic E-state index is 0.324. The number of halogens is 2. The summed E-state index contributed by atoms with van der Waals surface area (Å²) in [5, 5.41) is 8.33. The Labute approximate surface area is 213 Å². The van der Waals surface area contributed by atoms with Gasteiger partial charge in [0.25, 0.3) is 5.91 Å². The van der Waals surface area contributed by atoms with Crippen LogP contribution in [0.25, 0.3) is 28.1 Å². The van der Waals surface area contributed by atoms with Crippen molar-refractivity contribution in [2.24, 2.45) is 0 Å². The molecule has 9 heteroatoms. The van der Waals surface area contributed by atoms with Crippen molar-refractivity contribution in [2.75, 3.05) is 6.26 Å². The van der Waals surface area contributed by atoms with E-state index in [1.54, 1.807) is 12.3 Å². The normalized spacial score (nSPS) is 12.7. The third-order valence-corrected chi connectivity index (χ3v) is 6.44. The number of carbonyl (C=O) groups excluding carboxylic acids is 1. The van der Waals surface area contributed by atoms with Crippen LogP contribution in [0.1, 0.15) is 35.6 Å². The molecule has 1 amide bonds. The van der Waals surface area contributed by atoms with E-state index in [2.05, 4.69) is 10.2 Å². The first-order chi connectivity index (χ1) is 17.1. The number of aromatic nitrogens is 2. The highest BCUT2D eigenvalue weighted by molar-refractivity contribution is 7.89. The lowest BCUT2D eigenvalue weighted by molar-refractivity contribution is -0.114. The van der Waals surface area contributed by atoms with Gasteiger partial charge in [0.2, 0.25) is 10.0 Å². The van der Waals surface area contributed by atoms with E-state index in [9.17, 15) is 17.6 Å². The highest BCUT2D eigenvalue weighted by Crippen LogP contribution is 2.38. The second kappa shape index (κ2) is 10.5. The molecule has 0 radical (unpaired) electrons. The number of carbonyl (C=O) groups is 1. The van der Waals surface area contributed by atoms with Gasteiger partial charge >= 0.3 is 0 Å². The van der Waals surface area contributed by atoms with Crippen molar-refractivity contribution in [2.45, 2.75) is 13.3 Å². The Morgan fingerprint density at radius 3 is 2.47 bits per heavy atom. The number of nitrogens with one attached hydrogen (secondary N) is 2. The molecular weight excluding hydrogens is 501 g/mol. The number of aromatic amines is 1. The zero-order valence-corrected chi connectivity index (χ0v) is 21.1. The smallest absolute Gasteiger partial charge is 0.257 e. The maximum atomic E-state index is 13.8. The Morgan fingerprint density at radius 2 is 1.81 bits per heavy atom. The molecule has 0 fully saturated rings. The summed E-state index contributed by atoms with van der Waals surface area (Å²) in [5.74, 6) is -1.13. The van der Waals surface area contributed by atoms with Gasteiger partial charge in [-0.3, -0.25) is 9.89 Å². The van der Waals surface area contributed by atoms with Crippen LogP contribution in [0.15, 0.2) is 72.9 Å². The molecule has 2 N–H and O–H groups in total. The molecule has 3 aromatic carbocycles. The predicted molar refractivity (Wildman–Crippen MR) is 142 cm³/mol. The maximum absolute atomic E-state index is 13.8. The quantitative estimate of drug-likeness (QED) is 0.236. The van der Waals surface area contributed by atoms with Crippen LogP contribution >= 0.6 is 11.6 Å². The Morgan fingerprint density at radius 1 is 1.08 bits per heavy atom. The van der Waals surface area contributed by atoms with Gasteiger partial charge < -0.3 is 0 Å². The third kappa shape index (κ3) is 5.90. The van der Waals surface area contributed by atoms with Crippen molar-refractivity contribution in [3.05, 3.63) is 106 Å². The van der Waals surface area contributed by atoms with E-state index in [-0.39, 0.29) is 0 Å². The molecule has 0 aliphatic carbocycles. The van der Waals surface area contributed by atoms with Crippen LogP contribution in [0.2, 0.25) is 5.02 Å². The van der Waals surface area contributed by atoms with Crippen molar-refractivity contribution < 1.29 is 17.6 Å². The molecule has 0 aliphatic heterocycles. The summed E-state index contributed by atoms with van der Waals surface area (Å²) < 4.78 is 38.1. The fraction of sp³-hybridized carbons (Fsp3) is 0.111. The molecule has 6 nitrogen and oxygen atoms in total. The fourth-order valence-electron chi connectivity index (χ4n) is 4.00. The predicted octanol–water partition coefficient (Wildman–Crippen LogP) is 5.81. The van der Waals surface area contributed by atoms with E-state index in [0.717, 1.165) is 51.1 Å². The molecule has 36 heavy (non-hydrogen) atoms. The first kappa shape index (κ1) is 25.3. The largest absolute Gasteiger partial charge is 0.278 e. The van der Waals surface area contributed by atoms with Gasteiger partial charge in [-0.25, -0.2) is 17.5 Å². The number of H-pyrrole nitrogens is 1. The topological polar surface area (TPSA) is 91.9 Å². The minimum atomic E-state index is -3.63. The molecule has 0 unspecified atom stereocenters. The van der Waals surface area contributed by atoms with E-state index in [1.165, 1.54) is 18.2 Å². The molecule has 1 aromatic heterocycles. The zero-order valence-electron chi connectivity index (χ0n) is 19.5. The summed E-state index contributed by atoms with van der Waals surface area (Å²) in [6, 6.07) is 17.8. The number of fused-ring (bicyclic) bond motifs is 1. The molecule has 0 saturated carbocycles. The molecule has 0 atom stereocenters. The average Bonchev–Trinajstić information content (AvgIpc) is 3.29. The monoisotopic (exact) mass is 523 g/mol. The van der Waals surface area contributed by atoms with E-state index >= 15 is 0 Å². The Kier molecular flexibility index (Phi) is 7.37. The van der Waals surface area contributed by atoms with E-state index in [0.29, 0.717) is 17.0 Å². The third-order valence-electron chi connectivity index (χ3n) is 5.55. The summed E-state index contributed by atoms with van der Waals surface area (Å²) in [5.41, 5.74) is 6.07. The minimum Gasteiger partial charge on any atom is -0.278 e. The lowest BCUT2D eigenvalue weighted by Crippen LogP contribution is -2.27. The molecule has 0 bridgehead atoms. The number of hydrogen-bond donors (Lipinski definition) is 2. The maximum Gasteiger partial charge on any atom is 0.257 e. The lowest BCUT2D eigenvalue weighted by atomic mass is 9.87. The van der Waals surface area contributed by atoms with E-state index in [4.69, 9.17) is 11.6 Å². The molecule has 0 spiro atoms. The fourth-order valence-corrected chi connectivity index (χ4v) is 4.71. The van der Waals surface area contributed by atoms with Crippen LogP contribution < -0.4 is 4.72 Å². The molecule has 184 valence electrons. The zero-order chi connectivity index (χ0) is 25.9. The van der Waals surface area contributed by atoms with Crippen LogP contribution in [0.5, 0.6) is 0 Å².